The summed E-state index contributed by atoms with van der Waals surface area (Å²) in [6, 6.07) is 8.19. The zero-order chi connectivity index (χ0) is 26.9. The van der Waals surface area contributed by atoms with Gasteiger partial charge in [0.1, 0.15) is 22.9 Å². The van der Waals surface area contributed by atoms with Crippen molar-refractivity contribution in [1.29, 1.82) is 0 Å². The van der Waals surface area contributed by atoms with Crippen molar-refractivity contribution >= 4 is 0 Å². The molecule has 3 aromatic carbocycles. The van der Waals surface area contributed by atoms with E-state index in [1.54, 1.807) is 24.3 Å². The summed E-state index contributed by atoms with van der Waals surface area (Å²) in [6.45, 7) is -0.883. The van der Waals surface area contributed by atoms with Crippen molar-refractivity contribution in [2.45, 2.75) is 38.6 Å². The molecule has 0 saturated carbocycles. The van der Waals surface area contributed by atoms with Crippen LogP contribution in [-0.4, -0.2) is 13.2 Å². The molecular formula is C26H20F8O3. The molecule has 1 aliphatic rings. The van der Waals surface area contributed by atoms with Gasteiger partial charge in [-0.15, -0.1) is 0 Å². The molecule has 1 aliphatic heterocycles. The summed E-state index contributed by atoms with van der Waals surface area (Å²) in [6.07, 6.45) is -3.00. The Kier molecular flexibility index (Phi) is 7.63. The third-order valence-corrected chi connectivity index (χ3v) is 5.88. The van der Waals surface area contributed by atoms with Crippen LogP contribution in [0, 0.1) is 29.2 Å². The molecule has 2 atom stereocenters. The quantitative estimate of drug-likeness (QED) is 0.288. The molecular weight excluding hydrogens is 512 g/mol. The number of benzene rings is 3. The summed E-state index contributed by atoms with van der Waals surface area (Å²) in [5, 5.41) is 0. The molecule has 1 fully saturated rings. The van der Waals surface area contributed by atoms with Crippen molar-refractivity contribution in [2.75, 3.05) is 6.61 Å². The second kappa shape index (κ2) is 10.6. The van der Waals surface area contributed by atoms with Gasteiger partial charge in [0.05, 0.1) is 6.10 Å². The minimum absolute atomic E-state index is 0.0372. The minimum atomic E-state index is -4.71. The average Bonchev–Trinajstić information content (AvgIpc) is 2.81. The van der Waals surface area contributed by atoms with E-state index in [1.807, 2.05) is 0 Å². The molecule has 3 aromatic rings. The third-order valence-electron chi connectivity index (χ3n) is 5.88. The van der Waals surface area contributed by atoms with Gasteiger partial charge >= 0.3 is 12.7 Å². The highest BCUT2D eigenvalue weighted by atomic mass is 19.3. The van der Waals surface area contributed by atoms with Gasteiger partial charge in [-0.3, -0.25) is 0 Å². The number of ether oxygens (including phenoxy) is 3. The lowest BCUT2D eigenvalue weighted by Gasteiger charge is -2.27. The van der Waals surface area contributed by atoms with Crippen LogP contribution in [-0.2, 0) is 10.8 Å². The first-order chi connectivity index (χ1) is 17.4. The maximum absolute atomic E-state index is 14.7. The largest absolute Gasteiger partial charge is 0.432 e. The first-order valence-corrected chi connectivity index (χ1v) is 11.2. The van der Waals surface area contributed by atoms with Gasteiger partial charge < -0.3 is 14.2 Å². The van der Waals surface area contributed by atoms with Crippen molar-refractivity contribution < 1.29 is 49.3 Å². The molecule has 0 bridgehead atoms. The van der Waals surface area contributed by atoms with Crippen LogP contribution in [0.5, 0.6) is 11.5 Å². The Hall–Kier alpha value is -3.34. The van der Waals surface area contributed by atoms with Crippen LogP contribution in [0.3, 0.4) is 0 Å². The Bertz CT molecular complexity index is 1210. The van der Waals surface area contributed by atoms with Crippen LogP contribution >= 0.6 is 0 Å². The van der Waals surface area contributed by atoms with Crippen molar-refractivity contribution in [3.8, 4) is 22.6 Å². The molecule has 37 heavy (non-hydrogen) atoms. The fourth-order valence-corrected chi connectivity index (χ4v) is 4.05. The third kappa shape index (κ3) is 5.98. The number of halogens is 8. The van der Waals surface area contributed by atoms with Gasteiger partial charge in [-0.25, -0.2) is 17.6 Å². The molecule has 198 valence electrons. The molecule has 0 aliphatic carbocycles. The summed E-state index contributed by atoms with van der Waals surface area (Å²) in [7, 11) is 0. The van der Waals surface area contributed by atoms with Gasteiger partial charge in [-0.1, -0.05) is 31.2 Å². The van der Waals surface area contributed by atoms with E-state index in [4.69, 9.17) is 4.74 Å². The molecule has 0 N–H and O–H groups in total. The van der Waals surface area contributed by atoms with Crippen LogP contribution in [0.15, 0.2) is 48.5 Å². The average molecular weight is 532 g/mol. The molecule has 1 saturated heterocycles. The number of hydrogen-bond acceptors (Lipinski definition) is 3. The molecule has 1 heterocycles. The van der Waals surface area contributed by atoms with Crippen LogP contribution in [0.2, 0.25) is 0 Å². The number of hydrogen-bond donors (Lipinski definition) is 0. The lowest BCUT2D eigenvalue weighted by molar-refractivity contribution is -0.189. The summed E-state index contributed by atoms with van der Waals surface area (Å²) in [4.78, 5) is 0. The Morgan fingerprint density at radius 1 is 0.838 bits per heavy atom. The predicted octanol–water partition coefficient (Wildman–Crippen LogP) is 8.13. The minimum Gasteiger partial charge on any atom is -0.429 e. The van der Waals surface area contributed by atoms with Crippen LogP contribution in [0.4, 0.5) is 35.1 Å². The Labute approximate surface area is 206 Å². The van der Waals surface area contributed by atoms with E-state index in [2.05, 4.69) is 16.4 Å². The smallest absolute Gasteiger partial charge is 0.429 e. The van der Waals surface area contributed by atoms with Crippen LogP contribution in [0.1, 0.15) is 37.0 Å². The van der Waals surface area contributed by atoms with Crippen LogP contribution in [0.25, 0.3) is 11.1 Å². The number of rotatable bonds is 7. The Balaban J connectivity index is 1.56. The topological polar surface area (TPSA) is 27.7 Å². The van der Waals surface area contributed by atoms with E-state index < -0.39 is 53.1 Å². The van der Waals surface area contributed by atoms with Gasteiger partial charge in [0.15, 0.2) is 17.4 Å². The fraction of sp³-hybridized carbons (Fsp3) is 0.308. The molecule has 0 aromatic heterocycles. The van der Waals surface area contributed by atoms with Crippen molar-refractivity contribution in [2.24, 2.45) is 5.92 Å². The SMILES string of the molecule is CC1CCC(c2ccc(-c3cc(F)c(C(F)(F)Oc4cc(F)c(OC(F)F)c(F)c4)c(F)c3)cc2)OC1. The highest BCUT2D eigenvalue weighted by Gasteiger charge is 2.41. The van der Waals surface area contributed by atoms with E-state index in [1.165, 1.54) is 0 Å². The van der Waals surface area contributed by atoms with E-state index in [0.717, 1.165) is 18.4 Å². The monoisotopic (exact) mass is 532 g/mol. The molecule has 4 rings (SSSR count). The second-order valence-electron chi connectivity index (χ2n) is 8.65. The zero-order valence-electron chi connectivity index (χ0n) is 19.2. The van der Waals surface area contributed by atoms with Crippen LogP contribution < -0.4 is 9.47 Å². The highest BCUT2D eigenvalue weighted by molar-refractivity contribution is 5.64. The Morgan fingerprint density at radius 2 is 1.43 bits per heavy atom. The maximum Gasteiger partial charge on any atom is 0.432 e. The highest BCUT2D eigenvalue weighted by Crippen LogP contribution is 2.39. The predicted molar refractivity (Wildman–Crippen MR) is 116 cm³/mol. The summed E-state index contributed by atoms with van der Waals surface area (Å²) in [5.41, 5.74) is -0.617. The van der Waals surface area contributed by atoms with Gasteiger partial charge in [0.25, 0.3) is 0 Å². The maximum atomic E-state index is 14.7. The van der Waals surface area contributed by atoms with Crippen molar-refractivity contribution in [3.05, 3.63) is 82.9 Å². The normalized spacial score (nSPS) is 18.2. The molecule has 3 nitrogen and oxygen atoms in total. The molecule has 0 amide bonds. The van der Waals surface area contributed by atoms with Gasteiger partial charge in [0, 0.05) is 18.7 Å². The van der Waals surface area contributed by atoms with E-state index >= 15 is 0 Å². The van der Waals surface area contributed by atoms with E-state index in [-0.39, 0.29) is 23.8 Å². The van der Waals surface area contributed by atoms with Gasteiger partial charge in [-0.2, -0.15) is 17.6 Å². The van der Waals surface area contributed by atoms with E-state index in [9.17, 15) is 35.1 Å². The zero-order valence-corrected chi connectivity index (χ0v) is 19.2. The Morgan fingerprint density at radius 3 is 1.95 bits per heavy atom. The van der Waals surface area contributed by atoms with E-state index in [0.29, 0.717) is 30.2 Å². The molecule has 0 radical (unpaired) electrons. The summed E-state index contributed by atoms with van der Waals surface area (Å²) < 4.78 is 124. The van der Waals surface area contributed by atoms with Crippen molar-refractivity contribution in [1.82, 2.24) is 0 Å². The molecule has 11 heteroatoms. The van der Waals surface area contributed by atoms with Gasteiger partial charge in [-0.05, 0) is 47.6 Å². The van der Waals surface area contributed by atoms with Gasteiger partial charge in [0.2, 0.25) is 0 Å². The first kappa shape index (κ1) is 26.7. The first-order valence-electron chi connectivity index (χ1n) is 11.2. The number of alkyl halides is 4. The molecule has 2 unspecified atom stereocenters. The summed E-state index contributed by atoms with van der Waals surface area (Å²) >= 11 is 0. The lowest BCUT2D eigenvalue weighted by atomic mass is 9.94. The lowest BCUT2D eigenvalue weighted by Crippen LogP contribution is -2.25. The second-order valence-corrected chi connectivity index (χ2v) is 8.65. The fourth-order valence-electron chi connectivity index (χ4n) is 4.05. The standard InChI is InChI=1S/C26H20F8O3/c1-13-2-7-22(35-12-13)15-5-3-14(4-6-15)16-8-18(27)23(19(28)9-16)26(33,34)37-17-10-20(29)24(21(30)11-17)36-25(31)32/h3-6,8-11,13,22,25H,2,7,12H2,1H3. The van der Waals surface area contributed by atoms with Crippen molar-refractivity contribution in [3.63, 3.8) is 0 Å². The summed E-state index contributed by atoms with van der Waals surface area (Å²) in [5.74, 6) is -9.18. The molecule has 0 spiro atoms.